The minimum absolute atomic E-state index is 0.0336. The van der Waals surface area contributed by atoms with Crippen molar-refractivity contribution >= 4 is 27.4 Å². The Hall–Kier alpha value is -2.94. The van der Waals surface area contributed by atoms with Crippen molar-refractivity contribution in [3.63, 3.8) is 0 Å². The van der Waals surface area contributed by atoms with E-state index in [1.54, 1.807) is 0 Å². The molecule has 0 N–H and O–H groups in total. The molecule has 0 radical (unpaired) electrons. The molecule has 0 spiro atoms. The highest BCUT2D eigenvalue weighted by molar-refractivity contribution is 7.92. The summed E-state index contributed by atoms with van der Waals surface area (Å²) in [4.78, 5) is 21.4. The van der Waals surface area contributed by atoms with Crippen molar-refractivity contribution in [2.75, 3.05) is 10.8 Å². The van der Waals surface area contributed by atoms with Crippen molar-refractivity contribution in [1.82, 2.24) is 0 Å². The van der Waals surface area contributed by atoms with E-state index in [1.807, 2.05) is 6.92 Å². The molecule has 0 heterocycles. The summed E-state index contributed by atoms with van der Waals surface area (Å²) in [6.45, 7) is 1.90. The Morgan fingerprint density at radius 1 is 1.15 bits per heavy atom. The molecule has 0 aromatic heterocycles. The van der Waals surface area contributed by atoms with E-state index in [-0.39, 0.29) is 28.4 Å². The van der Waals surface area contributed by atoms with Crippen LogP contribution < -0.4 is 9.41 Å². The number of para-hydroxylation sites is 1. The lowest BCUT2D eigenvalue weighted by atomic mass is 10.1. The maximum atomic E-state index is 13.1. The molecule has 0 amide bonds. The average Bonchev–Trinajstić information content (AvgIpc) is 2.62. The fourth-order valence-corrected chi connectivity index (χ4v) is 3.98. The SMILES string of the molecule is CCCCN(c1ccccc1C(=O)[O-])S(=O)(=O)c1cccc([N+](=O)[O-])c1. The van der Waals surface area contributed by atoms with Crippen LogP contribution in [-0.2, 0) is 10.0 Å². The standard InChI is InChI=1S/C17H18N2O6S/c1-2-3-11-18(16-10-5-4-9-15(16)17(20)21)26(24,25)14-8-6-7-13(12-14)19(22)23/h4-10,12H,2-3,11H2,1H3,(H,20,21)/p-1. The van der Waals surface area contributed by atoms with E-state index < -0.39 is 20.9 Å². The highest BCUT2D eigenvalue weighted by Crippen LogP contribution is 2.29. The number of nitro benzene ring substituents is 1. The predicted octanol–water partition coefficient (Wildman–Crippen LogP) is 1.95. The Morgan fingerprint density at radius 2 is 1.85 bits per heavy atom. The van der Waals surface area contributed by atoms with Gasteiger partial charge in [0.15, 0.2) is 0 Å². The van der Waals surface area contributed by atoms with Gasteiger partial charge in [0, 0.05) is 24.2 Å². The number of anilines is 1. The van der Waals surface area contributed by atoms with Crippen molar-refractivity contribution in [1.29, 1.82) is 0 Å². The summed E-state index contributed by atoms with van der Waals surface area (Å²) < 4.78 is 27.1. The molecule has 9 heteroatoms. The Bertz CT molecular complexity index is 926. The number of benzene rings is 2. The van der Waals surface area contributed by atoms with Gasteiger partial charge >= 0.3 is 0 Å². The van der Waals surface area contributed by atoms with Gasteiger partial charge < -0.3 is 9.90 Å². The van der Waals surface area contributed by atoms with Gasteiger partial charge in [0.25, 0.3) is 15.7 Å². The van der Waals surface area contributed by atoms with Gasteiger partial charge in [-0.1, -0.05) is 37.6 Å². The number of carbonyl (C=O) groups is 1. The Kier molecular flexibility index (Phi) is 5.93. The van der Waals surface area contributed by atoms with Crippen LogP contribution >= 0.6 is 0 Å². The molecule has 2 aromatic rings. The van der Waals surface area contributed by atoms with Crippen LogP contribution in [-0.4, -0.2) is 25.9 Å². The van der Waals surface area contributed by atoms with E-state index in [1.165, 1.54) is 42.5 Å². The summed E-state index contributed by atoms with van der Waals surface area (Å²) in [5.74, 6) is -1.50. The molecule has 2 aromatic carbocycles. The Labute approximate surface area is 150 Å². The van der Waals surface area contributed by atoms with E-state index in [2.05, 4.69) is 0 Å². The second-order valence-electron chi connectivity index (χ2n) is 5.49. The van der Waals surface area contributed by atoms with Crippen molar-refractivity contribution in [2.24, 2.45) is 0 Å². The fourth-order valence-electron chi connectivity index (χ4n) is 2.42. The quantitative estimate of drug-likeness (QED) is 0.512. The van der Waals surface area contributed by atoms with Gasteiger partial charge in [-0.2, -0.15) is 0 Å². The number of carboxylic acids is 1. The van der Waals surface area contributed by atoms with Crippen LogP contribution in [0.25, 0.3) is 0 Å². The third-order valence-corrected chi connectivity index (χ3v) is 5.53. The zero-order chi connectivity index (χ0) is 19.3. The van der Waals surface area contributed by atoms with Crippen molar-refractivity contribution < 1.29 is 23.2 Å². The van der Waals surface area contributed by atoms with E-state index in [9.17, 15) is 28.4 Å². The van der Waals surface area contributed by atoms with Gasteiger partial charge in [0.2, 0.25) is 0 Å². The normalized spacial score (nSPS) is 11.1. The maximum Gasteiger partial charge on any atom is 0.270 e. The Morgan fingerprint density at radius 3 is 2.46 bits per heavy atom. The smallest absolute Gasteiger partial charge is 0.270 e. The summed E-state index contributed by atoms with van der Waals surface area (Å²) in [5.41, 5.74) is -0.667. The molecular weight excluding hydrogens is 360 g/mol. The monoisotopic (exact) mass is 377 g/mol. The zero-order valence-electron chi connectivity index (χ0n) is 14.0. The fraction of sp³-hybridized carbons (Fsp3) is 0.235. The number of non-ortho nitro benzene ring substituents is 1. The molecule has 0 aliphatic rings. The number of hydrogen-bond acceptors (Lipinski definition) is 6. The third-order valence-electron chi connectivity index (χ3n) is 3.72. The second kappa shape index (κ2) is 7.96. The van der Waals surface area contributed by atoms with Crippen molar-refractivity contribution in [2.45, 2.75) is 24.7 Å². The number of nitrogens with zero attached hydrogens (tertiary/aromatic N) is 2. The van der Waals surface area contributed by atoms with Crippen molar-refractivity contribution in [3.05, 3.63) is 64.2 Å². The molecule has 8 nitrogen and oxygen atoms in total. The topological polar surface area (TPSA) is 121 Å². The molecule has 0 fully saturated rings. The van der Waals surface area contributed by atoms with Gasteiger partial charge in [0.1, 0.15) is 0 Å². The molecule has 0 aliphatic heterocycles. The first-order valence-electron chi connectivity index (χ1n) is 7.86. The van der Waals surface area contributed by atoms with Gasteiger partial charge in [0.05, 0.1) is 21.5 Å². The first-order chi connectivity index (χ1) is 12.3. The molecular formula is C17H17N2O6S-. The number of rotatable bonds is 8. The van der Waals surface area contributed by atoms with Crippen LogP contribution in [0.4, 0.5) is 11.4 Å². The molecule has 2 rings (SSSR count). The minimum atomic E-state index is -4.20. The van der Waals surface area contributed by atoms with E-state index >= 15 is 0 Å². The van der Waals surface area contributed by atoms with E-state index in [0.29, 0.717) is 12.8 Å². The summed E-state index contributed by atoms with van der Waals surface area (Å²) in [5, 5.41) is 22.3. The van der Waals surface area contributed by atoms with Gasteiger partial charge in [-0.15, -0.1) is 0 Å². The molecule has 0 unspecified atom stereocenters. The van der Waals surface area contributed by atoms with Crippen LogP contribution in [0.2, 0.25) is 0 Å². The number of sulfonamides is 1. The summed E-state index contributed by atoms with van der Waals surface area (Å²) in [6.07, 6.45) is 1.16. The first-order valence-corrected chi connectivity index (χ1v) is 9.30. The molecule has 0 saturated carbocycles. The molecule has 0 atom stereocenters. The second-order valence-corrected chi connectivity index (χ2v) is 7.35. The summed E-state index contributed by atoms with van der Waals surface area (Å²) >= 11 is 0. The van der Waals surface area contributed by atoms with Gasteiger partial charge in [-0.3, -0.25) is 14.4 Å². The maximum absolute atomic E-state index is 13.1. The van der Waals surface area contributed by atoms with Crippen LogP contribution in [0.1, 0.15) is 30.1 Å². The summed E-state index contributed by atoms with van der Waals surface area (Å²) in [6, 6.07) is 10.3. The number of nitro groups is 1. The van der Waals surface area contributed by atoms with Crippen LogP contribution in [0.15, 0.2) is 53.4 Å². The highest BCUT2D eigenvalue weighted by Gasteiger charge is 2.27. The lowest BCUT2D eigenvalue weighted by molar-refractivity contribution is -0.385. The predicted molar refractivity (Wildman–Crippen MR) is 93.3 cm³/mol. The summed E-state index contributed by atoms with van der Waals surface area (Å²) in [7, 11) is -4.20. The lowest BCUT2D eigenvalue weighted by Gasteiger charge is -2.26. The minimum Gasteiger partial charge on any atom is -0.545 e. The highest BCUT2D eigenvalue weighted by atomic mass is 32.2. The lowest BCUT2D eigenvalue weighted by Crippen LogP contribution is -2.35. The molecule has 0 bridgehead atoms. The number of aromatic carboxylic acids is 1. The van der Waals surface area contributed by atoms with Gasteiger partial charge in [-0.25, -0.2) is 8.42 Å². The van der Waals surface area contributed by atoms with Crippen LogP contribution in [0.5, 0.6) is 0 Å². The number of hydrogen-bond donors (Lipinski definition) is 0. The third kappa shape index (κ3) is 3.99. The molecule has 0 aliphatic carbocycles. The largest absolute Gasteiger partial charge is 0.545 e. The van der Waals surface area contributed by atoms with E-state index in [0.717, 1.165) is 10.4 Å². The van der Waals surface area contributed by atoms with E-state index in [4.69, 9.17) is 0 Å². The van der Waals surface area contributed by atoms with Crippen LogP contribution in [0, 0.1) is 10.1 Å². The van der Waals surface area contributed by atoms with Crippen LogP contribution in [0.3, 0.4) is 0 Å². The Balaban J connectivity index is 2.61. The molecule has 0 saturated heterocycles. The number of unbranched alkanes of at least 4 members (excludes halogenated alkanes) is 1. The van der Waals surface area contributed by atoms with Crippen molar-refractivity contribution in [3.8, 4) is 0 Å². The first kappa shape index (κ1) is 19.4. The molecule has 26 heavy (non-hydrogen) atoms. The average molecular weight is 377 g/mol. The number of carboxylic acid groups (broad SMARTS) is 1. The van der Waals surface area contributed by atoms with Gasteiger partial charge in [-0.05, 0) is 18.6 Å². The number of carbonyl (C=O) groups excluding carboxylic acids is 1. The molecule has 138 valence electrons. The zero-order valence-corrected chi connectivity index (χ0v) is 14.8.